The molecule has 2 rings (SSSR count). The van der Waals surface area contributed by atoms with Gasteiger partial charge in [0.2, 0.25) is 6.29 Å². The van der Waals surface area contributed by atoms with E-state index in [0.717, 1.165) is 49.7 Å². The number of fused-ring (bicyclic) bond motifs is 1. The Balaban J connectivity index is 2.39. The van der Waals surface area contributed by atoms with Gasteiger partial charge in [-0.3, -0.25) is 4.79 Å². The van der Waals surface area contributed by atoms with Crippen molar-refractivity contribution in [1.82, 2.24) is 0 Å². The molecule has 0 aromatic carbocycles. The molecule has 0 saturated heterocycles. The molecule has 1 aliphatic carbocycles. The summed E-state index contributed by atoms with van der Waals surface area (Å²) in [6, 6.07) is 0. The largest absolute Gasteiger partial charge is 0.472 e. The minimum Gasteiger partial charge on any atom is -0.472 e. The SMILES string of the molecule is C=C1CC/C=C(\C)CC[C@@H]2C(C(CC(C)CC)OC(C)=O)=CO[C@H](OC)[C@@H]12. The predicted molar refractivity (Wildman–Crippen MR) is 108 cm³/mol. The normalized spacial score (nSPS) is 30.3. The number of methoxy groups -OCH3 is 1. The fourth-order valence-corrected chi connectivity index (χ4v) is 4.20. The Morgan fingerprint density at radius 1 is 1.41 bits per heavy atom. The van der Waals surface area contributed by atoms with Crippen LogP contribution < -0.4 is 0 Å². The molecule has 1 aliphatic heterocycles. The lowest BCUT2D eigenvalue weighted by Crippen LogP contribution is -2.40. The van der Waals surface area contributed by atoms with E-state index in [1.54, 1.807) is 13.4 Å². The van der Waals surface area contributed by atoms with E-state index in [0.29, 0.717) is 5.92 Å². The molecule has 2 unspecified atom stereocenters. The first kappa shape index (κ1) is 21.7. The average Bonchev–Trinajstić information content (AvgIpc) is 2.70. The van der Waals surface area contributed by atoms with E-state index >= 15 is 0 Å². The molecule has 0 amide bonds. The number of allylic oxidation sites excluding steroid dienone is 2. The molecule has 4 nitrogen and oxygen atoms in total. The van der Waals surface area contributed by atoms with Crippen LogP contribution in [-0.2, 0) is 19.0 Å². The van der Waals surface area contributed by atoms with Crippen LogP contribution in [0.25, 0.3) is 0 Å². The van der Waals surface area contributed by atoms with Crippen molar-refractivity contribution in [2.45, 2.75) is 78.6 Å². The van der Waals surface area contributed by atoms with E-state index in [9.17, 15) is 4.79 Å². The Labute approximate surface area is 164 Å². The first-order valence-electron chi connectivity index (χ1n) is 10.3. The van der Waals surface area contributed by atoms with Gasteiger partial charge < -0.3 is 14.2 Å². The molecule has 152 valence electrons. The third-order valence-corrected chi connectivity index (χ3v) is 6.00. The van der Waals surface area contributed by atoms with Gasteiger partial charge in [-0.25, -0.2) is 0 Å². The monoisotopic (exact) mass is 376 g/mol. The molecule has 0 N–H and O–H groups in total. The summed E-state index contributed by atoms with van der Waals surface area (Å²) in [6.07, 6.45) is 9.35. The topological polar surface area (TPSA) is 44.8 Å². The van der Waals surface area contributed by atoms with Crippen LogP contribution in [0.3, 0.4) is 0 Å². The van der Waals surface area contributed by atoms with Crippen molar-refractivity contribution < 1.29 is 19.0 Å². The molecule has 0 saturated carbocycles. The summed E-state index contributed by atoms with van der Waals surface area (Å²) < 4.78 is 17.4. The van der Waals surface area contributed by atoms with Gasteiger partial charge in [0.15, 0.2) is 0 Å². The summed E-state index contributed by atoms with van der Waals surface area (Å²) in [5.74, 6) is 0.526. The van der Waals surface area contributed by atoms with Crippen molar-refractivity contribution in [3.05, 3.63) is 35.6 Å². The van der Waals surface area contributed by atoms with Crippen molar-refractivity contribution >= 4 is 5.97 Å². The third kappa shape index (κ3) is 5.71. The zero-order valence-corrected chi connectivity index (χ0v) is 17.6. The van der Waals surface area contributed by atoms with Crippen LogP contribution >= 0.6 is 0 Å². The minimum atomic E-state index is -0.328. The van der Waals surface area contributed by atoms with Gasteiger partial charge in [-0.1, -0.05) is 44.1 Å². The van der Waals surface area contributed by atoms with Crippen LogP contribution in [-0.4, -0.2) is 25.5 Å². The van der Waals surface area contributed by atoms with Gasteiger partial charge >= 0.3 is 5.97 Å². The zero-order valence-electron chi connectivity index (χ0n) is 17.6. The second-order valence-corrected chi connectivity index (χ2v) is 8.12. The Bertz CT molecular complexity index is 589. The maximum absolute atomic E-state index is 11.8. The molecule has 0 aromatic rings. The van der Waals surface area contributed by atoms with Crippen LogP contribution in [0, 0.1) is 17.8 Å². The van der Waals surface area contributed by atoms with Crippen LogP contribution in [0.2, 0.25) is 0 Å². The fraction of sp³-hybridized carbons (Fsp3) is 0.696. The Kier molecular flexibility index (Phi) is 8.15. The number of ether oxygens (including phenoxy) is 3. The van der Waals surface area contributed by atoms with Crippen molar-refractivity contribution in [3.8, 4) is 0 Å². The smallest absolute Gasteiger partial charge is 0.303 e. The zero-order chi connectivity index (χ0) is 20.0. The van der Waals surface area contributed by atoms with E-state index < -0.39 is 0 Å². The summed E-state index contributed by atoms with van der Waals surface area (Å²) in [4.78, 5) is 11.8. The van der Waals surface area contributed by atoms with E-state index in [1.165, 1.54) is 12.5 Å². The summed E-state index contributed by atoms with van der Waals surface area (Å²) in [6.45, 7) is 12.4. The van der Waals surface area contributed by atoms with E-state index in [1.807, 2.05) is 0 Å². The number of carbonyl (C=O) groups excluding carboxylic acids is 1. The van der Waals surface area contributed by atoms with Crippen molar-refractivity contribution in [2.75, 3.05) is 7.11 Å². The lowest BCUT2D eigenvalue weighted by Gasteiger charge is -2.41. The molecule has 27 heavy (non-hydrogen) atoms. The molecular formula is C23H36O4. The van der Waals surface area contributed by atoms with Crippen molar-refractivity contribution in [3.63, 3.8) is 0 Å². The first-order chi connectivity index (χ1) is 12.9. The van der Waals surface area contributed by atoms with Gasteiger partial charge in [-0.2, -0.15) is 0 Å². The number of rotatable bonds is 6. The highest BCUT2D eigenvalue weighted by molar-refractivity contribution is 5.66. The molecule has 0 aromatic heterocycles. The first-order valence-corrected chi connectivity index (χ1v) is 10.3. The quantitative estimate of drug-likeness (QED) is 0.450. The molecule has 0 spiro atoms. The lowest BCUT2D eigenvalue weighted by molar-refractivity contribution is -0.150. The van der Waals surface area contributed by atoms with Crippen LogP contribution in [0.5, 0.6) is 0 Å². The second-order valence-electron chi connectivity index (χ2n) is 8.12. The van der Waals surface area contributed by atoms with Gasteiger partial charge in [-0.15, -0.1) is 0 Å². The minimum absolute atomic E-state index is 0.0873. The molecule has 0 radical (unpaired) electrons. The fourth-order valence-electron chi connectivity index (χ4n) is 4.20. The molecule has 4 heteroatoms. The molecule has 2 aliphatic rings. The van der Waals surface area contributed by atoms with Crippen LogP contribution in [0.15, 0.2) is 35.6 Å². The highest BCUT2D eigenvalue weighted by Crippen LogP contribution is 2.43. The molecule has 0 bridgehead atoms. The third-order valence-electron chi connectivity index (χ3n) is 6.00. The number of carbonyl (C=O) groups is 1. The molecular weight excluding hydrogens is 340 g/mol. The Morgan fingerprint density at radius 3 is 2.78 bits per heavy atom. The molecule has 5 atom stereocenters. The van der Waals surface area contributed by atoms with Gasteiger partial charge in [-0.05, 0) is 50.9 Å². The summed E-state index contributed by atoms with van der Waals surface area (Å²) in [5.41, 5.74) is 3.65. The van der Waals surface area contributed by atoms with E-state index in [-0.39, 0.29) is 30.2 Å². The maximum Gasteiger partial charge on any atom is 0.303 e. The van der Waals surface area contributed by atoms with Crippen molar-refractivity contribution in [1.29, 1.82) is 0 Å². The van der Waals surface area contributed by atoms with Gasteiger partial charge in [0, 0.05) is 25.5 Å². The summed E-state index contributed by atoms with van der Waals surface area (Å²) >= 11 is 0. The van der Waals surface area contributed by atoms with E-state index in [4.69, 9.17) is 14.2 Å². The van der Waals surface area contributed by atoms with Gasteiger partial charge in [0.1, 0.15) is 6.10 Å². The second kappa shape index (κ2) is 10.1. The Morgan fingerprint density at radius 2 is 2.15 bits per heavy atom. The lowest BCUT2D eigenvalue weighted by atomic mass is 9.73. The number of hydrogen-bond acceptors (Lipinski definition) is 4. The van der Waals surface area contributed by atoms with E-state index in [2.05, 4.69) is 33.4 Å². The number of hydrogen-bond donors (Lipinski definition) is 0. The molecule has 1 heterocycles. The maximum atomic E-state index is 11.8. The van der Waals surface area contributed by atoms with Crippen LogP contribution in [0.4, 0.5) is 0 Å². The predicted octanol–water partition coefficient (Wildman–Crippen LogP) is 5.55. The highest BCUT2D eigenvalue weighted by atomic mass is 16.7. The van der Waals surface area contributed by atoms with Crippen LogP contribution in [0.1, 0.15) is 66.2 Å². The summed E-state index contributed by atoms with van der Waals surface area (Å²) in [5, 5.41) is 0. The average molecular weight is 377 g/mol. The number of esters is 1. The van der Waals surface area contributed by atoms with Gasteiger partial charge in [0.25, 0.3) is 0 Å². The Hall–Kier alpha value is -1.55. The molecule has 0 fully saturated rings. The standard InChI is InChI=1S/C23H36O4/c1-7-15(2)13-21(27-18(5)24)20-14-26-23(25-6)22-17(4)10-8-9-16(3)11-12-19(20)22/h9,14-15,19,21-23H,4,7-8,10-13H2,1-3,5-6H3/b16-9+/t15?,19-,21?,22+,23+/m1/s1. The summed E-state index contributed by atoms with van der Waals surface area (Å²) in [7, 11) is 1.69. The van der Waals surface area contributed by atoms with Gasteiger partial charge in [0.05, 0.1) is 6.26 Å². The van der Waals surface area contributed by atoms with Crippen molar-refractivity contribution in [2.24, 2.45) is 17.8 Å². The highest BCUT2D eigenvalue weighted by Gasteiger charge is 2.41.